The van der Waals surface area contributed by atoms with Crippen molar-refractivity contribution >= 4 is 16.6 Å². The van der Waals surface area contributed by atoms with Crippen molar-refractivity contribution in [3.63, 3.8) is 0 Å². The first-order chi connectivity index (χ1) is 14.7. The van der Waals surface area contributed by atoms with Crippen molar-refractivity contribution in [2.45, 2.75) is 62.3 Å². The monoisotopic (exact) mass is 623 g/mol. The van der Waals surface area contributed by atoms with E-state index in [1.807, 2.05) is 53.8 Å². The number of allylic oxidation sites excluding steroid dienone is 2. The first kappa shape index (κ1) is 28.7. The maximum atomic E-state index is 11.5. The molecule has 1 radical (unpaired) electrons. The van der Waals surface area contributed by atoms with Gasteiger partial charge in [-0.25, -0.2) is 0 Å². The van der Waals surface area contributed by atoms with Crippen LogP contribution in [0.5, 0.6) is 0 Å². The third-order valence-corrected chi connectivity index (χ3v) is 5.45. The number of aryl methyl sites for hydroxylation is 3. The molecule has 1 N–H and O–H groups in total. The first-order valence-electron chi connectivity index (χ1n) is 11.0. The fourth-order valence-corrected chi connectivity index (χ4v) is 2.91. The Bertz CT molecular complexity index is 1150. The molecule has 0 atom stereocenters. The number of pyridine rings is 1. The molecule has 0 aliphatic heterocycles. The third kappa shape index (κ3) is 7.62. The van der Waals surface area contributed by atoms with Gasteiger partial charge in [0.05, 0.1) is 0 Å². The van der Waals surface area contributed by atoms with Gasteiger partial charge < -0.3 is 10.1 Å². The zero-order valence-corrected chi connectivity index (χ0v) is 23.6. The minimum Gasteiger partial charge on any atom is -0.512 e. The largest absolute Gasteiger partial charge is 0.512 e. The van der Waals surface area contributed by atoms with Gasteiger partial charge in [-0.3, -0.25) is 4.79 Å². The molecule has 0 unspecified atom stereocenters. The number of hydrogen-bond donors (Lipinski definition) is 1. The number of aromatic nitrogens is 1. The standard InChI is InChI=1S/C18H16N.C11H20O2.Ir/c1-12-8-9-15(10-13(12)2)18-17-7-5-4-6-16(17)14(3)11-19-18;1-10(2,3)8(12)7-9(13)11(4,5)6;/h4-8,10-11H,1-3H3;7,12H,1-6H3;/q-1;;/b;8-7-;. The summed E-state index contributed by atoms with van der Waals surface area (Å²) in [6.45, 7) is 17.5. The summed E-state index contributed by atoms with van der Waals surface area (Å²) in [5.41, 5.74) is 5.08. The first-order valence-corrected chi connectivity index (χ1v) is 11.0. The molecule has 0 aliphatic rings. The van der Waals surface area contributed by atoms with Crippen LogP contribution in [0.2, 0.25) is 0 Å². The van der Waals surface area contributed by atoms with Crippen LogP contribution in [0.4, 0.5) is 0 Å². The number of carbonyl (C=O) groups excluding carboxylic acids is 1. The molecule has 179 valence electrons. The molecule has 0 aliphatic carbocycles. The van der Waals surface area contributed by atoms with E-state index in [1.54, 1.807) is 0 Å². The Labute approximate surface area is 212 Å². The number of carbonyl (C=O) groups is 1. The van der Waals surface area contributed by atoms with Gasteiger partial charge in [0.25, 0.3) is 0 Å². The van der Waals surface area contributed by atoms with Crippen LogP contribution in [-0.2, 0) is 24.9 Å². The van der Waals surface area contributed by atoms with Crippen LogP contribution >= 0.6 is 0 Å². The normalized spacial score (nSPS) is 12.0. The van der Waals surface area contributed by atoms with Gasteiger partial charge >= 0.3 is 0 Å². The summed E-state index contributed by atoms with van der Waals surface area (Å²) in [5, 5.41) is 12.0. The molecule has 33 heavy (non-hydrogen) atoms. The van der Waals surface area contributed by atoms with Gasteiger partial charge in [-0.2, -0.15) is 0 Å². The Kier molecular flexibility index (Phi) is 9.78. The second-order valence-corrected chi connectivity index (χ2v) is 10.4. The van der Waals surface area contributed by atoms with E-state index >= 15 is 0 Å². The Balaban J connectivity index is 0.000000346. The summed E-state index contributed by atoms with van der Waals surface area (Å²) in [6, 6.07) is 16.0. The molecule has 1 aromatic heterocycles. The topological polar surface area (TPSA) is 50.2 Å². The molecule has 3 nitrogen and oxygen atoms in total. The predicted octanol–water partition coefficient (Wildman–Crippen LogP) is 7.71. The Morgan fingerprint density at radius 1 is 0.909 bits per heavy atom. The molecule has 0 bridgehead atoms. The minimum absolute atomic E-state index is 0. The summed E-state index contributed by atoms with van der Waals surface area (Å²) in [6.07, 6.45) is 3.28. The van der Waals surface area contributed by atoms with E-state index < -0.39 is 5.41 Å². The van der Waals surface area contributed by atoms with Gasteiger partial charge in [0.15, 0.2) is 5.78 Å². The Morgan fingerprint density at radius 2 is 1.48 bits per heavy atom. The van der Waals surface area contributed by atoms with Gasteiger partial charge in [0.1, 0.15) is 5.76 Å². The zero-order chi connectivity index (χ0) is 24.3. The molecule has 3 rings (SSSR count). The molecule has 3 aromatic rings. The summed E-state index contributed by atoms with van der Waals surface area (Å²) in [4.78, 5) is 16.1. The molecule has 0 fully saturated rings. The molecule has 4 heteroatoms. The van der Waals surface area contributed by atoms with Gasteiger partial charge in [0.2, 0.25) is 0 Å². The summed E-state index contributed by atoms with van der Waals surface area (Å²) in [7, 11) is 0. The molecule has 0 amide bonds. The van der Waals surface area contributed by atoms with Crippen LogP contribution in [0.3, 0.4) is 0 Å². The average Bonchev–Trinajstić information content (AvgIpc) is 2.70. The molecular formula is C29H36IrNO2-. The average molecular weight is 623 g/mol. The van der Waals surface area contributed by atoms with Gasteiger partial charge in [-0.15, -0.1) is 34.9 Å². The number of fused-ring (bicyclic) bond motifs is 1. The van der Waals surface area contributed by atoms with Gasteiger partial charge in [0, 0.05) is 43.2 Å². The van der Waals surface area contributed by atoms with Crippen LogP contribution in [-0.4, -0.2) is 15.9 Å². The van der Waals surface area contributed by atoms with E-state index in [0.29, 0.717) is 0 Å². The van der Waals surface area contributed by atoms with Crippen LogP contribution in [0.25, 0.3) is 22.0 Å². The smallest absolute Gasteiger partial charge is 0.164 e. The van der Waals surface area contributed by atoms with E-state index in [1.165, 1.54) is 33.5 Å². The summed E-state index contributed by atoms with van der Waals surface area (Å²) >= 11 is 0. The van der Waals surface area contributed by atoms with Gasteiger partial charge in [-0.1, -0.05) is 79.7 Å². The summed E-state index contributed by atoms with van der Waals surface area (Å²) < 4.78 is 0. The second kappa shape index (κ2) is 11.2. The number of aliphatic hydroxyl groups is 1. The van der Waals surface area contributed by atoms with E-state index in [2.05, 4.69) is 62.2 Å². The third-order valence-electron chi connectivity index (χ3n) is 5.45. The van der Waals surface area contributed by atoms with Crippen LogP contribution in [0, 0.1) is 37.7 Å². The molecule has 1 heterocycles. The van der Waals surface area contributed by atoms with Gasteiger partial charge in [-0.05, 0) is 29.0 Å². The fourth-order valence-electron chi connectivity index (χ4n) is 2.91. The molecule has 2 aromatic carbocycles. The predicted molar refractivity (Wildman–Crippen MR) is 135 cm³/mol. The van der Waals surface area contributed by atoms with E-state index in [4.69, 9.17) is 0 Å². The van der Waals surface area contributed by atoms with Crippen molar-refractivity contribution in [1.82, 2.24) is 4.98 Å². The van der Waals surface area contributed by atoms with Crippen LogP contribution in [0.1, 0.15) is 58.2 Å². The van der Waals surface area contributed by atoms with E-state index in [-0.39, 0.29) is 37.1 Å². The SMILES string of the molecule is CC(C)(C)C(=O)/C=C(\O)C(C)(C)C.Cc1c[c-]c(-c2ncc(C)c3ccccc23)cc1C.[Ir]. The summed E-state index contributed by atoms with van der Waals surface area (Å²) in [5.74, 6) is 0.104. The fraction of sp³-hybridized carbons (Fsp3) is 0.379. The van der Waals surface area contributed by atoms with Crippen molar-refractivity contribution in [3.05, 3.63) is 77.2 Å². The van der Waals surface area contributed by atoms with Crippen molar-refractivity contribution in [2.24, 2.45) is 10.8 Å². The van der Waals surface area contributed by atoms with Crippen molar-refractivity contribution in [3.8, 4) is 11.3 Å². The van der Waals surface area contributed by atoms with E-state index in [0.717, 1.165) is 11.3 Å². The maximum absolute atomic E-state index is 11.5. The van der Waals surface area contributed by atoms with Crippen molar-refractivity contribution in [1.29, 1.82) is 0 Å². The quantitative estimate of drug-likeness (QED) is 0.181. The second-order valence-electron chi connectivity index (χ2n) is 10.4. The number of rotatable bonds is 2. The number of benzene rings is 2. The van der Waals surface area contributed by atoms with Crippen LogP contribution < -0.4 is 0 Å². The number of nitrogens with zero attached hydrogens (tertiary/aromatic N) is 1. The zero-order valence-electron chi connectivity index (χ0n) is 21.3. The Morgan fingerprint density at radius 3 is 2.00 bits per heavy atom. The molecule has 0 spiro atoms. The number of aliphatic hydroxyl groups excluding tert-OH is 1. The maximum Gasteiger partial charge on any atom is 0.164 e. The van der Waals surface area contributed by atoms with Crippen molar-refractivity contribution in [2.75, 3.05) is 0 Å². The van der Waals surface area contributed by atoms with E-state index in [9.17, 15) is 9.90 Å². The number of hydrogen-bond acceptors (Lipinski definition) is 3. The number of ketones is 1. The Hall–Kier alpha value is -2.29. The molecular weight excluding hydrogens is 587 g/mol. The minimum atomic E-state index is -0.417. The van der Waals surface area contributed by atoms with Crippen molar-refractivity contribution < 1.29 is 30.0 Å². The molecule has 0 saturated carbocycles. The molecule has 0 saturated heterocycles. The van der Waals surface area contributed by atoms with Crippen LogP contribution in [0.15, 0.2) is 54.4 Å².